The standard InChI is InChI=1S/C12H16N4O/c17-12(15-10-5-2-6-14-16-10)11-9-4-1-3-8(9)7-13-11/h2,5-6,8-9,11,13H,1,3-4,7H2,(H,15,16,17). The lowest BCUT2D eigenvalue weighted by Crippen LogP contribution is -2.39. The quantitative estimate of drug-likeness (QED) is 0.791. The van der Waals surface area contributed by atoms with Gasteiger partial charge in [0.05, 0.1) is 6.04 Å². The third-order valence-corrected chi connectivity index (χ3v) is 3.85. The van der Waals surface area contributed by atoms with Crippen molar-refractivity contribution in [3.05, 3.63) is 18.3 Å². The van der Waals surface area contributed by atoms with E-state index in [-0.39, 0.29) is 11.9 Å². The molecule has 3 unspecified atom stereocenters. The molecule has 0 radical (unpaired) electrons. The minimum absolute atomic E-state index is 0.0277. The second kappa shape index (κ2) is 4.41. The summed E-state index contributed by atoms with van der Waals surface area (Å²) in [7, 11) is 0. The number of hydrogen-bond donors (Lipinski definition) is 2. The summed E-state index contributed by atoms with van der Waals surface area (Å²) in [5.41, 5.74) is 0. The van der Waals surface area contributed by atoms with E-state index in [1.807, 2.05) is 0 Å². The van der Waals surface area contributed by atoms with Crippen molar-refractivity contribution in [2.45, 2.75) is 25.3 Å². The number of rotatable bonds is 2. The highest BCUT2D eigenvalue weighted by Crippen LogP contribution is 2.37. The molecule has 5 heteroatoms. The molecule has 1 saturated heterocycles. The van der Waals surface area contributed by atoms with Gasteiger partial charge in [-0.25, -0.2) is 0 Å². The van der Waals surface area contributed by atoms with E-state index in [1.165, 1.54) is 12.8 Å². The summed E-state index contributed by atoms with van der Waals surface area (Å²) < 4.78 is 0. The fraction of sp³-hybridized carbons (Fsp3) is 0.583. The van der Waals surface area contributed by atoms with Crippen LogP contribution < -0.4 is 10.6 Å². The van der Waals surface area contributed by atoms with Crippen molar-refractivity contribution in [3.8, 4) is 0 Å². The van der Waals surface area contributed by atoms with Gasteiger partial charge in [0.15, 0.2) is 5.82 Å². The van der Waals surface area contributed by atoms with Gasteiger partial charge in [0, 0.05) is 6.20 Å². The van der Waals surface area contributed by atoms with Crippen LogP contribution in [0.1, 0.15) is 19.3 Å². The van der Waals surface area contributed by atoms with Crippen LogP contribution in [0.5, 0.6) is 0 Å². The first kappa shape index (κ1) is 10.7. The minimum Gasteiger partial charge on any atom is -0.308 e. The molecule has 3 atom stereocenters. The van der Waals surface area contributed by atoms with Crippen LogP contribution in [0.3, 0.4) is 0 Å². The highest BCUT2D eigenvalue weighted by molar-refractivity contribution is 5.94. The molecular formula is C12H16N4O. The average molecular weight is 232 g/mol. The van der Waals surface area contributed by atoms with Crippen molar-refractivity contribution in [3.63, 3.8) is 0 Å². The Morgan fingerprint density at radius 2 is 2.41 bits per heavy atom. The zero-order valence-electron chi connectivity index (χ0n) is 9.60. The van der Waals surface area contributed by atoms with Gasteiger partial charge in [-0.2, -0.15) is 5.10 Å². The summed E-state index contributed by atoms with van der Waals surface area (Å²) in [6, 6.07) is 3.47. The Morgan fingerprint density at radius 3 is 3.24 bits per heavy atom. The van der Waals surface area contributed by atoms with Crippen LogP contribution >= 0.6 is 0 Å². The molecule has 3 rings (SSSR count). The number of fused-ring (bicyclic) bond motifs is 1. The van der Waals surface area contributed by atoms with Crippen molar-refractivity contribution in [2.24, 2.45) is 11.8 Å². The fourth-order valence-electron chi connectivity index (χ4n) is 3.05. The molecule has 2 heterocycles. The predicted octanol–water partition coefficient (Wildman–Crippen LogP) is 0.803. The van der Waals surface area contributed by atoms with Crippen molar-refractivity contribution < 1.29 is 4.79 Å². The molecular weight excluding hydrogens is 216 g/mol. The predicted molar refractivity (Wildman–Crippen MR) is 63.3 cm³/mol. The lowest BCUT2D eigenvalue weighted by atomic mass is 9.94. The fourth-order valence-corrected chi connectivity index (χ4v) is 3.05. The first-order valence-corrected chi connectivity index (χ1v) is 6.16. The smallest absolute Gasteiger partial charge is 0.243 e. The molecule has 1 saturated carbocycles. The van der Waals surface area contributed by atoms with E-state index >= 15 is 0 Å². The molecule has 0 aromatic carbocycles. The van der Waals surface area contributed by atoms with E-state index in [4.69, 9.17) is 0 Å². The number of nitrogens with one attached hydrogen (secondary N) is 2. The maximum absolute atomic E-state index is 12.1. The van der Waals surface area contributed by atoms with Gasteiger partial charge >= 0.3 is 0 Å². The van der Waals surface area contributed by atoms with Crippen LogP contribution in [-0.2, 0) is 4.79 Å². The molecule has 1 aromatic rings. The molecule has 90 valence electrons. The topological polar surface area (TPSA) is 66.9 Å². The van der Waals surface area contributed by atoms with Crippen molar-refractivity contribution >= 4 is 11.7 Å². The van der Waals surface area contributed by atoms with Gasteiger partial charge in [-0.1, -0.05) is 6.42 Å². The second-order valence-corrected chi connectivity index (χ2v) is 4.84. The summed E-state index contributed by atoms with van der Waals surface area (Å²) in [6.07, 6.45) is 5.27. The van der Waals surface area contributed by atoms with E-state index in [9.17, 15) is 4.79 Å². The van der Waals surface area contributed by atoms with Gasteiger partial charge in [-0.15, -0.1) is 5.10 Å². The SMILES string of the molecule is O=C(Nc1cccnn1)C1NCC2CCCC21. The van der Waals surface area contributed by atoms with Gasteiger partial charge in [-0.3, -0.25) is 4.79 Å². The Labute approximate surface area is 100 Å². The Hall–Kier alpha value is -1.49. The first-order valence-electron chi connectivity index (χ1n) is 6.16. The monoisotopic (exact) mass is 232 g/mol. The molecule has 1 aromatic heterocycles. The van der Waals surface area contributed by atoms with E-state index < -0.39 is 0 Å². The number of hydrogen-bond acceptors (Lipinski definition) is 4. The molecule has 2 aliphatic rings. The lowest BCUT2D eigenvalue weighted by molar-refractivity contribution is -0.118. The van der Waals surface area contributed by atoms with Crippen LogP contribution in [0.4, 0.5) is 5.82 Å². The molecule has 2 N–H and O–H groups in total. The van der Waals surface area contributed by atoms with Gasteiger partial charge in [0.2, 0.25) is 5.91 Å². The molecule has 5 nitrogen and oxygen atoms in total. The number of nitrogens with zero attached hydrogens (tertiary/aromatic N) is 2. The maximum atomic E-state index is 12.1. The number of anilines is 1. The molecule has 0 spiro atoms. The molecule has 2 fully saturated rings. The van der Waals surface area contributed by atoms with Gasteiger partial charge in [0.1, 0.15) is 0 Å². The Morgan fingerprint density at radius 1 is 1.47 bits per heavy atom. The largest absolute Gasteiger partial charge is 0.308 e. The van der Waals surface area contributed by atoms with Crippen molar-refractivity contribution in [2.75, 3.05) is 11.9 Å². The van der Waals surface area contributed by atoms with Crippen LogP contribution in [0, 0.1) is 11.8 Å². The number of carbonyl (C=O) groups excluding carboxylic acids is 1. The van der Waals surface area contributed by atoms with Crippen LogP contribution in [0.25, 0.3) is 0 Å². The summed E-state index contributed by atoms with van der Waals surface area (Å²) in [4.78, 5) is 12.1. The van der Waals surface area contributed by atoms with Crippen molar-refractivity contribution in [1.82, 2.24) is 15.5 Å². The zero-order valence-corrected chi connectivity index (χ0v) is 9.60. The van der Waals surface area contributed by atoms with E-state index in [1.54, 1.807) is 18.3 Å². The van der Waals surface area contributed by atoms with Crippen molar-refractivity contribution in [1.29, 1.82) is 0 Å². The maximum Gasteiger partial charge on any atom is 0.243 e. The van der Waals surface area contributed by atoms with Gasteiger partial charge < -0.3 is 10.6 Å². The summed E-state index contributed by atoms with van der Waals surface area (Å²) >= 11 is 0. The molecule has 0 bridgehead atoms. The molecule has 1 amide bonds. The summed E-state index contributed by atoms with van der Waals surface area (Å²) in [6.45, 7) is 0.975. The highest BCUT2D eigenvalue weighted by atomic mass is 16.2. The molecule has 1 aliphatic heterocycles. The highest BCUT2D eigenvalue weighted by Gasteiger charge is 2.42. The average Bonchev–Trinajstić information content (AvgIpc) is 2.91. The van der Waals surface area contributed by atoms with E-state index in [0.717, 1.165) is 13.0 Å². The third kappa shape index (κ3) is 2.02. The van der Waals surface area contributed by atoms with Crippen LogP contribution in [0.2, 0.25) is 0 Å². The summed E-state index contributed by atoms with van der Waals surface area (Å²) in [5, 5.41) is 13.8. The zero-order chi connectivity index (χ0) is 11.7. The lowest BCUT2D eigenvalue weighted by Gasteiger charge is -2.17. The molecule has 1 aliphatic carbocycles. The third-order valence-electron chi connectivity index (χ3n) is 3.85. The first-order chi connectivity index (χ1) is 8.34. The Balaban J connectivity index is 1.67. The van der Waals surface area contributed by atoms with Gasteiger partial charge in [-0.05, 0) is 43.4 Å². The Bertz CT molecular complexity index is 408. The number of aromatic nitrogens is 2. The number of carbonyl (C=O) groups is 1. The second-order valence-electron chi connectivity index (χ2n) is 4.84. The van der Waals surface area contributed by atoms with Crippen LogP contribution in [-0.4, -0.2) is 28.7 Å². The van der Waals surface area contributed by atoms with E-state index in [0.29, 0.717) is 17.7 Å². The summed E-state index contributed by atoms with van der Waals surface area (Å²) in [5.74, 6) is 1.75. The van der Waals surface area contributed by atoms with Gasteiger partial charge in [0.25, 0.3) is 0 Å². The minimum atomic E-state index is -0.0514. The molecule has 17 heavy (non-hydrogen) atoms. The Kier molecular flexibility index (Phi) is 2.76. The van der Waals surface area contributed by atoms with Crippen LogP contribution in [0.15, 0.2) is 18.3 Å². The van der Waals surface area contributed by atoms with E-state index in [2.05, 4.69) is 20.8 Å². The number of amides is 1. The normalized spacial score (nSPS) is 31.2.